The minimum atomic E-state index is 0.582. The molecule has 6 heteroatoms. The van der Waals surface area contributed by atoms with Gasteiger partial charge in [0.2, 0.25) is 0 Å². The second-order valence-electron chi connectivity index (χ2n) is 6.34. The third-order valence-corrected chi connectivity index (χ3v) is 3.89. The highest BCUT2D eigenvalue weighted by molar-refractivity contribution is 5.75. The molecule has 0 aliphatic rings. The molecule has 5 N–H and O–H groups in total. The minimum Gasteiger partial charge on any atom is -0.397 e. The predicted molar refractivity (Wildman–Crippen MR) is 105 cm³/mol. The minimum absolute atomic E-state index is 0.582. The van der Waals surface area contributed by atoms with Crippen LogP contribution in [0.15, 0.2) is 18.2 Å². The molecular formula is C18H32N6. The molecular weight excluding hydrogens is 300 g/mol. The van der Waals surface area contributed by atoms with Crippen molar-refractivity contribution >= 4 is 23.0 Å². The summed E-state index contributed by atoms with van der Waals surface area (Å²) >= 11 is 0. The number of nitrogens with two attached hydrogens (primary N) is 2. The van der Waals surface area contributed by atoms with Crippen LogP contribution in [-0.4, -0.2) is 30.4 Å². The summed E-state index contributed by atoms with van der Waals surface area (Å²) in [7, 11) is 5.47. The molecule has 0 spiro atoms. The van der Waals surface area contributed by atoms with Crippen LogP contribution in [-0.2, 0) is 7.05 Å². The monoisotopic (exact) mass is 332 g/mol. The Morgan fingerprint density at radius 2 is 1.75 bits per heavy atom. The molecule has 0 saturated carbocycles. The van der Waals surface area contributed by atoms with Gasteiger partial charge in [0.1, 0.15) is 11.6 Å². The van der Waals surface area contributed by atoms with Crippen LogP contribution in [0, 0.1) is 19.8 Å². The van der Waals surface area contributed by atoms with E-state index in [9.17, 15) is 0 Å². The first kappa shape index (κ1) is 19.8. The highest BCUT2D eigenvalue weighted by atomic mass is 15.4. The number of rotatable bonds is 5. The van der Waals surface area contributed by atoms with Crippen molar-refractivity contribution < 1.29 is 0 Å². The molecule has 0 bridgehead atoms. The molecule has 2 aromatic rings. The standard InChI is InChI=1S/C17H27N5.CH5N/c1-11(2)10-19-16-9-17(22(6)20-16)21(5)15-8-13(4)12(3)7-14(15)18;1-2/h7-9,11H,10,18H2,1-6H3,(H,19,20);2H2,1H3. The first-order valence-electron chi connectivity index (χ1n) is 8.25. The van der Waals surface area contributed by atoms with E-state index < -0.39 is 0 Å². The van der Waals surface area contributed by atoms with Gasteiger partial charge in [-0.05, 0) is 50.1 Å². The zero-order valence-electron chi connectivity index (χ0n) is 16.0. The Kier molecular flexibility index (Phi) is 7.10. The summed E-state index contributed by atoms with van der Waals surface area (Å²) in [5.74, 6) is 2.47. The quantitative estimate of drug-likeness (QED) is 0.733. The molecule has 1 aromatic carbocycles. The van der Waals surface area contributed by atoms with E-state index in [1.54, 1.807) is 0 Å². The number of aromatic nitrogens is 2. The van der Waals surface area contributed by atoms with Crippen molar-refractivity contribution in [3.8, 4) is 0 Å². The summed E-state index contributed by atoms with van der Waals surface area (Å²) in [5, 5.41) is 7.88. The Labute approximate surface area is 145 Å². The molecule has 6 nitrogen and oxygen atoms in total. The maximum Gasteiger partial charge on any atom is 0.150 e. The van der Waals surface area contributed by atoms with Crippen molar-refractivity contribution in [2.75, 3.05) is 36.6 Å². The van der Waals surface area contributed by atoms with E-state index >= 15 is 0 Å². The van der Waals surface area contributed by atoms with Gasteiger partial charge in [-0.2, -0.15) is 5.10 Å². The first-order valence-corrected chi connectivity index (χ1v) is 8.25. The molecule has 2 rings (SSSR count). The fourth-order valence-electron chi connectivity index (χ4n) is 2.40. The van der Waals surface area contributed by atoms with Crippen molar-refractivity contribution in [1.29, 1.82) is 0 Å². The van der Waals surface area contributed by atoms with Gasteiger partial charge < -0.3 is 21.7 Å². The molecule has 0 fully saturated rings. The molecule has 0 aliphatic carbocycles. The number of hydrogen-bond donors (Lipinski definition) is 3. The fourth-order valence-corrected chi connectivity index (χ4v) is 2.40. The smallest absolute Gasteiger partial charge is 0.150 e. The van der Waals surface area contributed by atoms with E-state index in [2.05, 4.69) is 60.9 Å². The Morgan fingerprint density at radius 1 is 1.17 bits per heavy atom. The molecule has 0 unspecified atom stereocenters. The largest absolute Gasteiger partial charge is 0.397 e. The lowest BCUT2D eigenvalue weighted by atomic mass is 10.1. The number of hydrogen-bond acceptors (Lipinski definition) is 5. The summed E-state index contributed by atoms with van der Waals surface area (Å²) < 4.78 is 1.87. The molecule has 134 valence electrons. The average molecular weight is 332 g/mol. The lowest BCUT2D eigenvalue weighted by molar-refractivity contribution is 0.682. The van der Waals surface area contributed by atoms with Gasteiger partial charge in [-0.25, -0.2) is 0 Å². The predicted octanol–water partition coefficient (Wildman–Crippen LogP) is 3.03. The summed E-state index contributed by atoms with van der Waals surface area (Å²) in [4.78, 5) is 2.08. The molecule has 24 heavy (non-hydrogen) atoms. The van der Waals surface area contributed by atoms with Crippen LogP contribution in [0.5, 0.6) is 0 Å². The van der Waals surface area contributed by atoms with Crippen molar-refractivity contribution in [2.24, 2.45) is 18.7 Å². The third kappa shape index (κ3) is 4.64. The van der Waals surface area contributed by atoms with Crippen LogP contribution in [0.2, 0.25) is 0 Å². The Hall–Kier alpha value is -2.21. The molecule has 0 aliphatic heterocycles. The van der Waals surface area contributed by atoms with Crippen molar-refractivity contribution in [1.82, 2.24) is 9.78 Å². The maximum absolute atomic E-state index is 6.20. The van der Waals surface area contributed by atoms with Crippen LogP contribution >= 0.6 is 0 Å². The van der Waals surface area contributed by atoms with Gasteiger partial charge in [0.15, 0.2) is 0 Å². The lowest BCUT2D eigenvalue weighted by Crippen LogP contribution is -2.15. The van der Waals surface area contributed by atoms with Crippen LogP contribution in [0.1, 0.15) is 25.0 Å². The highest BCUT2D eigenvalue weighted by Crippen LogP contribution is 2.32. The van der Waals surface area contributed by atoms with Crippen molar-refractivity contribution in [3.63, 3.8) is 0 Å². The fraction of sp³-hybridized carbons (Fsp3) is 0.500. The van der Waals surface area contributed by atoms with Gasteiger partial charge in [0, 0.05) is 26.7 Å². The van der Waals surface area contributed by atoms with E-state index in [1.807, 2.05) is 24.8 Å². The van der Waals surface area contributed by atoms with E-state index in [0.29, 0.717) is 5.92 Å². The summed E-state index contributed by atoms with van der Waals surface area (Å²) in [6.45, 7) is 9.45. The number of nitrogen functional groups attached to an aromatic ring is 1. The SMILES string of the molecule is CN.Cc1cc(N)c(N(C)c2cc(NCC(C)C)nn2C)cc1C. The van der Waals surface area contributed by atoms with Gasteiger partial charge in [0.05, 0.1) is 11.4 Å². The maximum atomic E-state index is 6.20. The van der Waals surface area contributed by atoms with Crippen LogP contribution in [0.3, 0.4) is 0 Å². The zero-order chi connectivity index (χ0) is 18.4. The Balaban J connectivity index is 0.00000139. The van der Waals surface area contributed by atoms with E-state index in [0.717, 1.165) is 29.6 Å². The summed E-state index contributed by atoms with van der Waals surface area (Å²) in [5.41, 5.74) is 14.9. The van der Waals surface area contributed by atoms with Gasteiger partial charge in [-0.3, -0.25) is 4.68 Å². The molecule has 0 atom stereocenters. The number of anilines is 4. The normalized spacial score (nSPS) is 10.4. The average Bonchev–Trinajstić information content (AvgIpc) is 2.91. The highest BCUT2D eigenvalue weighted by Gasteiger charge is 2.14. The van der Waals surface area contributed by atoms with E-state index in [4.69, 9.17) is 5.73 Å². The number of aryl methyl sites for hydroxylation is 3. The van der Waals surface area contributed by atoms with Crippen molar-refractivity contribution in [3.05, 3.63) is 29.3 Å². The lowest BCUT2D eigenvalue weighted by Gasteiger charge is -2.22. The van der Waals surface area contributed by atoms with Crippen LogP contribution in [0.4, 0.5) is 23.0 Å². The zero-order valence-corrected chi connectivity index (χ0v) is 16.0. The van der Waals surface area contributed by atoms with E-state index in [1.165, 1.54) is 18.2 Å². The Bertz CT molecular complexity index is 660. The molecule has 1 aromatic heterocycles. The number of nitrogens with zero attached hydrogens (tertiary/aromatic N) is 3. The van der Waals surface area contributed by atoms with E-state index in [-0.39, 0.29) is 0 Å². The topological polar surface area (TPSA) is 85.1 Å². The molecule has 1 heterocycles. The summed E-state index contributed by atoms with van der Waals surface area (Å²) in [6, 6.07) is 6.20. The summed E-state index contributed by atoms with van der Waals surface area (Å²) in [6.07, 6.45) is 0. The number of benzene rings is 1. The Morgan fingerprint density at radius 3 is 2.33 bits per heavy atom. The second kappa shape index (κ2) is 8.59. The second-order valence-corrected chi connectivity index (χ2v) is 6.34. The number of nitrogens with one attached hydrogen (secondary N) is 1. The third-order valence-electron chi connectivity index (χ3n) is 3.89. The molecule has 0 saturated heterocycles. The molecule has 0 radical (unpaired) electrons. The van der Waals surface area contributed by atoms with Crippen molar-refractivity contribution in [2.45, 2.75) is 27.7 Å². The van der Waals surface area contributed by atoms with Gasteiger partial charge >= 0.3 is 0 Å². The van der Waals surface area contributed by atoms with Crippen LogP contribution in [0.25, 0.3) is 0 Å². The van der Waals surface area contributed by atoms with Gasteiger partial charge in [-0.15, -0.1) is 0 Å². The van der Waals surface area contributed by atoms with Gasteiger partial charge in [-0.1, -0.05) is 13.8 Å². The van der Waals surface area contributed by atoms with Gasteiger partial charge in [0.25, 0.3) is 0 Å². The van der Waals surface area contributed by atoms with Crippen LogP contribution < -0.4 is 21.7 Å². The molecule has 0 amide bonds. The first-order chi connectivity index (χ1) is 11.3.